The van der Waals surface area contributed by atoms with Crippen molar-refractivity contribution < 1.29 is 9.90 Å². The highest BCUT2D eigenvalue weighted by molar-refractivity contribution is 5.66. The van der Waals surface area contributed by atoms with Crippen molar-refractivity contribution in [3.05, 3.63) is 24.3 Å². The molecule has 0 spiro atoms. The van der Waals surface area contributed by atoms with Crippen LogP contribution in [0.15, 0.2) is 18.6 Å². The molecule has 0 aliphatic rings. The molecule has 1 heterocycles. The Labute approximate surface area is 102 Å². The van der Waals surface area contributed by atoms with Crippen LogP contribution in [-0.4, -0.2) is 38.5 Å². The Kier molecular flexibility index (Phi) is 5.03. The highest BCUT2D eigenvalue weighted by Gasteiger charge is 2.20. The zero-order valence-electron chi connectivity index (χ0n) is 10.5. The van der Waals surface area contributed by atoms with Crippen LogP contribution in [0.2, 0.25) is 0 Å². The normalized spacial score (nSPS) is 13.0. The molecular formula is C12H19N3O2. The van der Waals surface area contributed by atoms with Crippen molar-refractivity contribution >= 4 is 5.97 Å². The Morgan fingerprint density at radius 1 is 1.41 bits per heavy atom. The first-order valence-electron chi connectivity index (χ1n) is 5.75. The van der Waals surface area contributed by atoms with Gasteiger partial charge in [-0.2, -0.15) is 0 Å². The number of hydrogen-bond donors (Lipinski definition) is 1. The van der Waals surface area contributed by atoms with Gasteiger partial charge in [0.1, 0.15) is 0 Å². The van der Waals surface area contributed by atoms with Gasteiger partial charge < -0.3 is 5.11 Å². The highest BCUT2D eigenvalue weighted by atomic mass is 16.4. The van der Waals surface area contributed by atoms with E-state index in [0.29, 0.717) is 6.54 Å². The molecule has 1 aromatic rings. The quantitative estimate of drug-likeness (QED) is 0.816. The van der Waals surface area contributed by atoms with Crippen LogP contribution < -0.4 is 0 Å². The highest BCUT2D eigenvalue weighted by Crippen LogP contribution is 2.19. The van der Waals surface area contributed by atoms with Gasteiger partial charge >= 0.3 is 5.97 Å². The molecule has 1 N–H and O–H groups in total. The van der Waals surface area contributed by atoms with E-state index in [9.17, 15) is 4.79 Å². The lowest BCUT2D eigenvalue weighted by molar-refractivity contribution is -0.137. The summed E-state index contributed by atoms with van der Waals surface area (Å²) in [7, 11) is 0. The summed E-state index contributed by atoms with van der Waals surface area (Å²) in [5.74, 6) is -0.776. The average Bonchev–Trinajstić information content (AvgIpc) is 2.29. The van der Waals surface area contributed by atoms with E-state index in [1.54, 1.807) is 18.6 Å². The number of carbonyl (C=O) groups is 1. The Hall–Kier alpha value is -1.49. The average molecular weight is 237 g/mol. The summed E-state index contributed by atoms with van der Waals surface area (Å²) >= 11 is 0. The lowest BCUT2D eigenvalue weighted by atomic mass is 10.1. The molecule has 1 unspecified atom stereocenters. The van der Waals surface area contributed by atoms with Gasteiger partial charge in [0.2, 0.25) is 0 Å². The lowest BCUT2D eigenvalue weighted by Crippen LogP contribution is -2.35. The van der Waals surface area contributed by atoms with Gasteiger partial charge in [0.15, 0.2) is 0 Å². The molecule has 0 bridgehead atoms. The standard InChI is InChI=1S/C12H19N3O2/c1-9(2)15(7-4-12(16)17)10(3)11-8-13-5-6-14-11/h5-6,8-10H,4,7H2,1-3H3,(H,16,17). The zero-order chi connectivity index (χ0) is 12.8. The topological polar surface area (TPSA) is 66.3 Å². The largest absolute Gasteiger partial charge is 0.481 e. The molecule has 0 fully saturated rings. The van der Waals surface area contributed by atoms with Crippen molar-refractivity contribution in [1.82, 2.24) is 14.9 Å². The van der Waals surface area contributed by atoms with Crippen molar-refractivity contribution in [2.45, 2.75) is 39.3 Å². The predicted molar refractivity (Wildman–Crippen MR) is 64.5 cm³/mol. The van der Waals surface area contributed by atoms with Crippen molar-refractivity contribution in [3.8, 4) is 0 Å². The molecular weight excluding hydrogens is 218 g/mol. The summed E-state index contributed by atoms with van der Waals surface area (Å²) in [6, 6.07) is 0.342. The van der Waals surface area contributed by atoms with E-state index in [-0.39, 0.29) is 18.5 Å². The van der Waals surface area contributed by atoms with Gasteiger partial charge in [-0.15, -0.1) is 0 Å². The maximum atomic E-state index is 10.6. The van der Waals surface area contributed by atoms with Crippen molar-refractivity contribution in [2.24, 2.45) is 0 Å². The van der Waals surface area contributed by atoms with Crippen molar-refractivity contribution in [1.29, 1.82) is 0 Å². The monoisotopic (exact) mass is 237 g/mol. The first kappa shape index (κ1) is 13.6. The molecule has 0 amide bonds. The minimum absolute atomic E-state index is 0.0723. The van der Waals surface area contributed by atoms with Gasteiger partial charge in [-0.25, -0.2) is 0 Å². The van der Waals surface area contributed by atoms with Crippen LogP contribution >= 0.6 is 0 Å². The summed E-state index contributed by atoms with van der Waals surface area (Å²) in [6.07, 6.45) is 5.15. The van der Waals surface area contributed by atoms with E-state index >= 15 is 0 Å². The van der Waals surface area contributed by atoms with Crippen molar-refractivity contribution in [2.75, 3.05) is 6.54 Å². The summed E-state index contributed by atoms with van der Waals surface area (Å²) in [6.45, 7) is 6.64. The van der Waals surface area contributed by atoms with Gasteiger partial charge in [0, 0.05) is 31.2 Å². The molecule has 0 aliphatic heterocycles. The van der Waals surface area contributed by atoms with Gasteiger partial charge in [-0.05, 0) is 20.8 Å². The summed E-state index contributed by atoms with van der Waals surface area (Å²) in [5, 5.41) is 8.74. The Bertz CT molecular complexity index is 354. The van der Waals surface area contributed by atoms with E-state index in [1.165, 1.54) is 0 Å². The number of hydrogen-bond acceptors (Lipinski definition) is 4. The van der Waals surface area contributed by atoms with Crippen LogP contribution in [0.25, 0.3) is 0 Å². The van der Waals surface area contributed by atoms with E-state index in [1.807, 2.05) is 6.92 Å². The number of carboxylic acid groups (broad SMARTS) is 1. The number of rotatable bonds is 6. The molecule has 5 nitrogen and oxygen atoms in total. The second kappa shape index (κ2) is 6.30. The minimum atomic E-state index is -0.776. The summed E-state index contributed by atoms with van der Waals surface area (Å²) < 4.78 is 0. The third-order valence-electron chi connectivity index (χ3n) is 2.76. The molecule has 1 atom stereocenters. The second-order valence-electron chi connectivity index (χ2n) is 4.28. The smallest absolute Gasteiger partial charge is 0.304 e. The van der Waals surface area contributed by atoms with Crippen LogP contribution in [0.4, 0.5) is 0 Å². The molecule has 0 aromatic carbocycles. The Morgan fingerprint density at radius 3 is 2.59 bits per heavy atom. The number of nitrogens with zero attached hydrogens (tertiary/aromatic N) is 3. The fourth-order valence-corrected chi connectivity index (χ4v) is 1.82. The molecule has 94 valence electrons. The van der Waals surface area contributed by atoms with Crippen LogP contribution in [0.5, 0.6) is 0 Å². The molecule has 1 aromatic heterocycles. The van der Waals surface area contributed by atoms with E-state index in [4.69, 9.17) is 5.11 Å². The molecule has 0 saturated heterocycles. The molecule has 0 aliphatic carbocycles. The van der Waals surface area contributed by atoms with E-state index < -0.39 is 5.97 Å². The summed E-state index contributed by atoms with van der Waals surface area (Å²) in [4.78, 5) is 21.0. The zero-order valence-corrected chi connectivity index (χ0v) is 10.5. The first-order chi connectivity index (χ1) is 8.02. The molecule has 0 saturated carbocycles. The van der Waals surface area contributed by atoms with Crippen LogP contribution in [0, 0.1) is 0 Å². The van der Waals surface area contributed by atoms with Crippen LogP contribution in [0.1, 0.15) is 38.9 Å². The SMILES string of the molecule is CC(C)N(CCC(=O)O)C(C)c1cnccn1. The molecule has 17 heavy (non-hydrogen) atoms. The van der Waals surface area contributed by atoms with Crippen LogP contribution in [0.3, 0.4) is 0 Å². The van der Waals surface area contributed by atoms with Gasteiger partial charge in [0.25, 0.3) is 0 Å². The van der Waals surface area contributed by atoms with Crippen LogP contribution in [-0.2, 0) is 4.79 Å². The van der Waals surface area contributed by atoms with Gasteiger partial charge in [0.05, 0.1) is 18.2 Å². The Balaban J connectivity index is 2.73. The third-order valence-corrected chi connectivity index (χ3v) is 2.76. The number of aromatic nitrogens is 2. The van der Waals surface area contributed by atoms with E-state index in [2.05, 4.69) is 28.7 Å². The first-order valence-corrected chi connectivity index (χ1v) is 5.75. The predicted octanol–water partition coefficient (Wildman–Crippen LogP) is 1.72. The third kappa shape index (κ3) is 4.11. The second-order valence-corrected chi connectivity index (χ2v) is 4.28. The van der Waals surface area contributed by atoms with Gasteiger partial charge in [-0.1, -0.05) is 0 Å². The van der Waals surface area contributed by atoms with Gasteiger partial charge in [-0.3, -0.25) is 19.7 Å². The maximum absolute atomic E-state index is 10.6. The summed E-state index contributed by atoms with van der Waals surface area (Å²) in [5.41, 5.74) is 0.867. The fourth-order valence-electron chi connectivity index (χ4n) is 1.82. The molecule has 5 heteroatoms. The number of aliphatic carboxylic acids is 1. The molecule has 0 radical (unpaired) electrons. The maximum Gasteiger partial charge on any atom is 0.304 e. The lowest BCUT2D eigenvalue weighted by Gasteiger charge is -2.31. The van der Waals surface area contributed by atoms with E-state index in [0.717, 1.165) is 5.69 Å². The minimum Gasteiger partial charge on any atom is -0.481 e. The number of carboxylic acids is 1. The van der Waals surface area contributed by atoms with Crippen molar-refractivity contribution in [3.63, 3.8) is 0 Å². The molecule has 1 rings (SSSR count). The fraction of sp³-hybridized carbons (Fsp3) is 0.583. The Morgan fingerprint density at radius 2 is 2.12 bits per heavy atom.